The fourth-order valence-corrected chi connectivity index (χ4v) is 4.37. The van der Waals surface area contributed by atoms with Gasteiger partial charge in [0, 0.05) is 13.6 Å². The highest BCUT2D eigenvalue weighted by atomic mass is 32.2. The van der Waals surface area contributed by atoms with Crippen molar-refractivity contribution in [1.82, 2.24) is 0 Å². The summed E-state index contributed by atoms with van der Waals surface area (Å²) in [5, 5.41) is 9.63. The van der Waals surface area contributed by atoms with Gasteiger partial charge in [-0.3, -0.25) is 0 Å². The van der Waals surface area contributed by atoms with Crippen LogP contribution in [0.25, 0.3) is 0 Å². The number of nitriles is 1. The first kappa shape index (κ1) is 16.8. The molecule has 0 fully saturated rings. The zero-order chi connectivity index (χ0) is 15.5. The monoisotopic (exact) mass is 315 g/mol. The fraction of sp³-hybridized carbons (Fsp3) is 0.615. The molecule has 1 rings (SSSR count). The van der Waals surface area contributed by atoms with E-state index in [9.17, 15) is 8.42 Å². The largest absolute Gasteiger partial charge is 0.396 e. The van der Waals surface area contributed by atoms with E-state index in [-0.39, 0.29) is 21.2 Å². The lowest BCUT2D eigenvalue weighted by atomic mass is 10.1. The molecule has 20 heavy (non-hydrogen) atoms. The van der Waals surface area contributed by atoms with E-state index in [1.165, 1.54) is 0 Å². The predicted octanol–water partition coefficient (Wildman–Crippen LogP) is 2.48. The van der Waals surface area contributed by atoms with Gasteiger partial charge in [0.1, 0.15) is 20.8 Å². The summed E-state index contributed by atoms with van der Waals surface area (Å²) in [5.41, 5.74) is 5.94. The molecule has 0 unspecified atom stereocenters. The van der Waals surface area contributed by atoms with Crippen LogP contribution in [0.3, 0.4) is 0 Å². The first-order valence-corrected chi connectivity index (χ1v) is 8.97. The smallest absolute Gasteiger partial charge is 0.183 e. The number of thiophene rings is 1. The van der Waals surface area contributed by atoms with Crippen LogP contribution >= 0.6 is 11.3 Å². The molecule has 0 radical (unpaired) electrons. The van der Waals surface area contributed by atoms with Gasteiger partial charge in [-0.15, -0.1) is 11.3 Å². The van der Waals surface area contributed by atoms with Crippen molar-refractivity contribution in [3.8, 4) is 6.07 Å². The topological polar surface area (TPSA) is 87.2 Å². The molecule has 0 saturated carbocycles. The molecule has 0 aliphatic rings. The lowest BCUT2D eigenvalue weighted by Crippen LogP contribution is -2.21. The van der Waals surface area contributed by atoms with Gasteiger partial charge in [-0.05, 0) is 12.3 Å². The Bertz CT molecular complexity index is 612. The summed E-state index contributed by atoms with van der Waals surface area (Å²) in [5.74, 6) is 0.500. The number of nitrogens with zero attached hydrogens (tertiary/aromatic N) is 2. The molecule has 0 spiro atoms. The summed E-state index contributed by atoms with van der Waals surface area (Å²) in [6.45, 7) is 6.53. The third-order valence-electron chi connectivity index (χ3n) is 3.06. The molecule has 1 aromatic heterocycles. The molecule has 0 atom stereocenters. The highest BCUT2D eigenvalue weighted by Gasteiger charge is 2.27. The quantitative estimate of drug-likeness (QED) is 0.871. The Balaban J connectivity index is 3.29. The maximum atomic E-state index is 12.2. The number of rotatable bonds is 6. The summed E-state index contributed by atoms with van der Waals surface area (Å²) in [6, 6.07) is 1.97. The molecule has 0 bridgehead atoms. The molecule has 7 heteroatoms. The van der Waals surface area contributed by atoms with Crippen LogP contribution in [0, 0.1) is 17.2 Å². The molecule has 5 nitrogen and oxygen atoms in total. The number of nitrogens with two attached hydrogens (primary N) is 1. The minimum Gasteiger partial charge on any atom is -0.396 e. The minimum absolute atomic E-state index is 0.0240. The van der Waals surface area contributed by atoms with Gasteiger partial charge >= 0.3 is 0 Å². The van der Waals surface area contributed by atoms with Crippen LogP contribution in [-0.4, -0.2) is 27.8 Å². The zero-order valence-corrected chi connectivity index (χ0v) is 13.9. The molecule has 0 aliphatic heterocycles. The summed E-state index contributed by atoms with van der Waals surface area (Å²) in [7, 11) is -1.60. The van der Waals surface area contributed by atoms with Crippen molar-refractivity contribution in [3.63, 3.8) is 0 Å². The number of anilines is 2. The molecule has 0 aliphatic carbocycles. The molecular formula is C13H21N3O2S2. The van der Waals surface area contributed by atoms with Crippen LogP contribution in [-0.2, 0) is 9.84 Å². The maximum Gasteiger partial charge on any atom is 0.183 e. The van der Waals surface area contributed by atoms with Gasteiger partial charge in [-0.1, -0.05) is 20.8 Å². The van der Waals surface area contributed by atoms with Crippen molar-refractivity contribution in [2.75, 3.05) is 30.0 Å². The van der Waals surface area contributed by atoms with Crippen molar-refractivity contribution < 1.29 is 8.42 Å². The van der Waals surface area contributed by atoms with Crippen LogP contribution in [0.2, 0.25) is 0 Å². The summed E-state index contributed by atoms with van der Waals surface area (Å²) >= 11 is 1.15. The van der Waals surface area contributed by atoms with Crippen LogP contribution in [0.4, 0.5) is 10.7 Å². The van der Waals surface area contributed by atoms with Crippen molar-refractivity contribution in [2.24, 2.45) is 5.92 Å². The fourth-order valence-electron chi connectivity index (χ4n) is 1.75. The standard InChI is InChI=1S/C13H21N3O2S2/c1-5-20(17,18)12-11(15)10(8-14)19-13(12)16(4)7-6-9(2)3/h9H,5-7,15H2,1-4H3. The average molecular weight is 315 g/mol. The predicted molar refractivity (Wildman–Crippen MR) is 83.9 cm³/mol. The van der Waals surface area contributed by atoms with Crippen molar-refractivity contribution in [2.45, 2.75) is 32.1 Å². The molecule has 1 heterocycles. The zero-order valence-electron chi connectivity index (χ0n) is 12.3. The Morgan fingerprint density at radius 3 is 2.50 bits per heavy atom. The molecule has 0 aromatic carbocycles. The molecule has 1 aromatic rings. The second-order valence-corrected chi connectivity index (χ2v) is 8.31. The maximum absolute atomic E-state index is 12.2. The third kappa shape index (κ3) is 3.44. The Labute approximate surface area is 124 Å². The first-order valence-electron chi connectivity index (χ1n) is 6.50. The van der Waals surface area contributed by atoms with E-state index >= 15 is 0 Å². The van der Waals surface area contributed by atoms with Gasteiger partial charge in [0.15, 0.2) is 9.84 Å². The number of sulfone groups is 1. The van der Waals surface area contributed by atoms with Gasteiger partial charge in [-0.25, -0.2) is 8.42 Å². The Morgan fingerprint density at radius 2 is 2.05 bits per heavy atom. The van der Waals surface area contributed by atoms with Crippen LogP contribution in [0.1, 0.15) is 32.1 Å². The molecule has 0 amide bonds. The van der Waals surface area contributed by atoms with Gasteiger partial charge in [0.2, 0.25) is 0 Å². The van der Waals surface area contributed by atoms with E-state index in [1.54, 1.807) is 6.92 Å². The minimum atomic E-state index is -3.44. The highest BCUT2D eigenvalue weighted by molar-refractivity contribution is 7.91. The lowest BCUT2D eigenvalue weighted by molar-refractivity contribution is 0.583. The summed E-state index contributed by atoms with van der Waals surface area (Å²) < 4.78 is 24.4. The van der Waals surface area contributed by atoms with Gasteiger partial charge in [0.05, 0.1) is 11.4 Å². The van der Waals surface area contributed by atoms with E-state index < -0.39 is 9.84 Å². The SMILES string of the molecule is CCS(=O)(=O)c1c(N(C)CCC(C)C)sc(C#N)c1N. The van der Waals surface area contributed by atoms with Crippen LogP contribution in [0.5, 0.6) is 0 Å². The van der Waals surface area contributed by atoms with E-state index in [0.29, 0.717) is 10.9 Å². The third-order valence-corrected chi connectivity index (χ3v) is 6.21. The number of nitrogen functional groups attached to an aromatic ring is 1. The Morgan fingerprint density at radius 1 is 1.45 bits per heavy atom. The Hall–Kier alpha value is -1.26. The highest BCUT2D eigenvalue weighted by Crippen LogP contribution is 2.41. The first-order chi connectivity index (χ1) is 9.24. The van der Waals surface area contributed by atoms with Gasteiger partial charge in [-0.2, -0.15) is 5.26 Å². The summed E-state index contributed by atoms with van der Waals surface area (Å²) in [4.78, 5) is 2.26. The van der Waals surface area contributed by atoms with E-state index in [0.717, 1.165) is 24.3 Å². The van der Waals surface area contributed by atoms with Crippen LogP contribution in [0.15, 0.2) is 4.90 Å². The normalized spacial score (nSPS) is 11.6. The lowest BCUT2D eigenvalue weighted by Gasteiger charge is -2.20. The van der Waals surface area contributed by atoms with Gasteiger partial charge < -0.3 is 10.6 Å². The molecule has 112 valence electrons. The number of hydrogen-bond acceptors (Lipinski definition) is 6. The average Bonchev–Trinajstić information content (AvgIpc) is 2.73. The van der Waals surface area contributed by atoms with Crippen molar-refractivity contribution in [1.29, 1.82) is 5.26 Å². The second-order valence-electron chi connectivity index (χ2n) is 5.10. The van der Waals surface area contributed by atoms with Crippen LogP contribution < -0.4 is 10.6 Å². The van der Waals surface area contributed by atoms with Gasteiger partial charge in [0.25, 0.3) is 0 Å². The molecule has 2 N–H and O–H groups in total. The molecular weight excluding hydrogens is 294 g/mol. The van der Waals surface area contributed by atoms with E-state index in [4.69, 9.17) is 11.0 Å². The van der Waals surface area contributed by atoms with E-state index in [2.05, 4.69) is 13.8 Å². The van der Waals surface area contributed by atoms with E-state index in [1.807, 2.05) is 18.0 Å². The van der Waals surface area contributed by atoms with Crippen molar-refractivity contribution in [3.05, 3.63) is 4.88 Å². The Kier molecular flexibility index (Phi) is 5.42. The molecule has 0 saturated heterocycles. The van der Waals surface area contributed by atoms with Crippen molar-refractivity contribution >= 4 is 31.9 Å². The second kappa shape index (κ2) is 6.46. The number of hydrogen-bond donors (Lipinski definition) is 1. The summed E-state index contributed by atoms with van der Waals surface area (Å²) in [6.07, 6.45) is 0.946.